The molecule has 12 heteroatoms. The zero-order chi connectivity index (χ0) is 34.8. The lowest BCUT2D eigenvalue weighted by Gasteiger charge is -2.27. The summed E-state index contributed by atoms with van der Waals surface area (Å²) in [6.07, 6.45) is 13.6. The van der Waals surface area contributed by atoms with Gasteiger partial charge in [-0.15, -0.1) is 0 Å². The van der Waals surface area contributed by atoms with E-state index in [0.29, 0.717) is 6.54 Å². The van der Waals surface area contributed by atoms with Gasteiger partial charge in [0.2, 0.25) is 5.69 Å². The topological polar surface area (TPSA) is 158 Å². The summed E-state index contributed by atoms with van der Waals surface area (Å²) >= 11 is 0. The van der Waals surface area contributed by atoms with Crippen molar-refractivity contribution in [2.24, 2.45) is 0 Å². The molecule has 0 saturated carbocycles. The molecule has 252 valence electrons. The Labute approximate surface area is 277 Å². The molecule has 0 spiro atoms. The second-order valence-electron chi connectivity index (χ2n) is 12.9. The fraction of sp³-hybridized carbons (Fsp3) is 0.371. The normalized spacial score (nSPS) is 18.3. The van der Waals surface area contributed by atoms with Crippen LogP contribution in [0.1, 0.15) is 67.6 Å². The van der Waals surface area contributed by atoms with E-state index in [0.717, 1.165) is 39.5 Å². The fourth-order valence-electron chi connectivity index (χ4n) is 6.36. The highest BCUT2D eigenvalue weighted by Gasteiger charge is 2.44. The van der Waals surface area contributed by atoms with Crippen LogP contribution in [0.15, 0.2) is 84.6 Å². The van der Waals surface area contributed by atoms with Gasteiger partial charge in [0.1, 0.15) is 6.54 Å². The third kappa shape index (κ3) is 8.36. The van der Waals surface area contributed by atoms with Crippen LogP contribution in [0.4, 0.5) is 11.4 Å². The molecule has 0 saturated heterocycles. The van der Waals surface area contributed by atoms with Gasteiger partial charge in [-0.05, 0) is 57.0 Å². The van der Waals surface area contributed by atoms with E-state index < -0.39 is 43.1 Å². The van der Waals surface area contributed by atoms with Crippen molar-refractivity contribution in [3.63, 3.8) is 0 Å². The number of hydrogen-bond acceptors (Lipinski definition) is 8. The van der Waals surface area contributed by atoms with Gasteiger partial charge in [0.25, 0.3) is 0 Å². The first kappa shape index (κ1) is 36.0. The van der Waals surface area contributed by atoms with Crippen LogP contribution in [-0.4, -0.2) is 71.9 Å². The van der Waals surface area contributed by atoms with Crippen molar-refractivity contribution in [1.82, 2.24) is 0 Å². The standard InChI is InChI=1S/C35H42N2O8S2/c1-25-15-17-29-27(23-25)34(2,3)31(36(29)19-11-21-46(40,41)42)13-9-7-6-8-10-14-32-35(4,5)28-24-26(33(38)39)16-18-30(28)37(32)20-12-22-47(43,44)45/h6-10,13-18,23-24H,11-12,19-22H2,1-5H3,(H2-,38,39,40,41,42,43,44,45)/p-1. The smallest absolute Gasteiger partial charge is 0.335 e. The van der Waals surface area contributed by atoms with Crippen molar-refractivity contribution in [2.75, 3.05) is 29.5 Å². The van der Waals surface area contributed by atoms with E-state index in [1.165, 1.54) is 6.07 Å². The lowest BCUT2D eigenvalue weighted by molar-refractivity contribution is -0.437. The maximum absolute atomic E-state index is 11.7. The molecule has 2 aliphatic rings. The van der Waals surface area contributed by atoms with Crippen LogP contribution >= 0.6 is 0 Å². The molecule has 47 heavy (non-hydrogen) atoms. The van der Waals surface area contributed by atoms with Gasteiger partial charge in [-0.1, -0.05) is 61.9 Å². The summed E-state index contributed by atoms with van der Waals surface area (Å²) < 4.78 is 69.4. The minimum atomic E-state index is -4.38. The van der Waals surface area contributed by atoms with Gasteiger partial charge in [-0.2, -0.15) is 4.58 Å². The zero-order valence-corrected chi connectivity index (χ0v) is 28.9. The molecular weight excluding hydrogens is 641 g/mol. The van der Waals surface area contributed by atoms with Crippen LogP contribution in [-0.2, 0) is 31.1 Å². The van der Waals surface area contributed by atoms with E-state index in [4.69, 9.17) is 0 Å². The molecule has 2 aromatic rings. The minimum absolute atomic E-state index is 0.121. The summed E-state index contributed by atoms with van der Waals surface area (Å²) in [5, 5.41) is 9.54. The Balaban J connectivity index is 1.57. The molecule has 0 aromatic heterocycles. The number of carbonyl (C=O) groups is 1. The first-order valence-corrected chi connectivity index (χ1v) is 18.5. The Bertz CT molecular complexity index is 1930. The van der Waals surface area contributed by atoms with Gasteiger partial charge < -0.3 is 19.1 Å². The number of hydrogen-bond donors (Lipinski definition) is 1. The highest BCUT2D eigenvalue weighted by molar-refractivity contribution is 7.85. The summed E-state index contributed by atoms with van der Waals surface area (Å²) in [5.74, 6) is -1.97. The highest BCUT2D eigenvalue weighted by Crippen LogP contribution is 2.48. The van der Waals surface area contributed by atoms with Crippen molar-refractivity contribution in [1.29, 1.82) is 0 Å². The molecule has 0 amide bonds. The number of rotatable bonds is 13. The maximum Gasteiger partial charge on any atom is 0.335 e. The van der Waals surface area contributed by atoms with Gasteiger partial charge in [0.05, 0.1) is 31.2 Å². The molecule has 0 fully saturated rings. The zero-order valence-electron chi connectivity index (χ0n) is 27.3. The fourth-order valence-corrected chi connectivity index (χ4v) is 7.33. The Morgan fingerprint density at radius 1 is 0.851 bits per heavy atom. The summed E-state index contributed by atoms with van der Waals surface area (Å²) in [6.45, 7) is 10.9. The molecule has 10 nitrogen and oxygen atoms in total. The van der Waals surface area contributed by atoms with E-state index in [9.17, 15) is 35.8 Å². The van der Waals surface area contributed by atoms with Crippen LogP contribution in [0.5, 0.6) is 0 Å². The number of nitrogens with zero attached hydrogens (tertiary/aromatic N) is 2. The molecular formula is C35H41N2O8S2-. The monoisotopic (exact) mass is 681 g/mol. The van der Waals surface area contributed by atoms with Crippen LogP contribution in [0.3, 0.4) is 0 Å². The van der Waals surface area contributed by atoms with Crippen molar-refractivity contribution < 1.29 is 40.4 Å². The van der Waals surface area contributed by atoms with E-state index in [2.05, 4.69) is 24.8 Å². The highest BCUT2D eigenvalue weighted by atomic mass is 32.2. The minimum Gasteiger partial charge on any atom is -0.748 e. The van der Waals surface area contributed by atoms with Crippen molar-refractivity contribution >= 4 is 43.3 Å². The third-order valence-corrected chi connectivity index (χ3v) is 10.3. The van der Waals surface area contributed by atoms with E-state index in [1.807, 2.05) is 80.0 Å². The number of anilines is 1. The number of carboxylic acids is 1. The first-order chi connectivity index (χ1) is 21.8. The van der Waals surface area contributed by atoms with Crippen molar-refractivity contribution in [3.8, 4) is 0 Å². The molecule has 0 unspecified atom stereocenters. The van der Waals surface area contributed by atoms with E-state index in [1.54, 1.807) is 12.1 Å². The van der Waals surface area contributed by atoms with Crippen LogP contribution in [0.2, 0.25) is 0 Å². The Morgan fingerprint density at radius 3 is 2.15 bits per heavy atom. The number of aryl methyl sites for hydroxylation is 1. The second kappa shape index (κ2) is 13.7. The third-order valence-electron chi connectivity index (χ3n) is 8.69. The summed E-state index contributed by atoms with van der Waals surface area (Å²) in [5.41, 5.74) is 5.85. The molecule has 0 radical (unpaired) electrons. The van der Waals surface area contributed by atoms with Crippen molar-refractivity contribution in [2.45, 2.75) is 58.3 Å². The molecule has 2 aromatic carbocycles. The van der Waals surface area contributed by atoms with Gasteiger partial charge in [0.15, 0.2) is 5.71 Å². The van der Waals surface area contributed by atoms with Gasteiger partial charge >= 0.3 is 5.97 Å². The number of aromatic carboxylic acids is 1. The predicted molar refractivity (Wildman–Crippen MR) is 182 cm³/mol. The SMILES string of the molecule is Cc1ccc2c(c1)C(C)(C)\C(=C/C=C/C=C/C=C/C1=[N+](CCCS(=O)(=O)[O-])c3ccc(C(=O)O)cc3C1(C)C)N2CCCS(=O)(=O)[O-]. The number of carboxylic acid groups (broad SMARTS) is 1. The predicted octanol–water partition coefficient (Wildman–Crippen LogP) is 5.29. The van der Waals surface area contributed by atoms with E-state index in [-0.39, 0.29) is 30.4 Å². The average Bonchev–Trinajstić information content (AvgIpc) is 3.29. The molecule has 0 bridgehead atoms. The summed E-state index contributed by atoms with van der Waals surface area (Å²) in [7, 11) is -8.69. The molecule has 2 heterocycles. The number of allylic oxidation sites excluding steroid dienone is 8. The molecule has 4 rings (SSSR count). The van der Waals surface area contributed by atoms with Gasteiger partial charge in [-0.3, -0.25) is 0 Å². The van der Waals surface area contributed by atoms with Crippen LogP contribution in [0.25, 0.3) is 0 Å². The average molecular weight is 682 g/mol. The number of benzene rings is 2. The second-order valence-corrected chi connectivity index (χ2v) is 16.0. The molecule has 0 atom stereocenters. The Hall–Kier alpha value is -3.84. The van der Waals surface area contributed by atoms with Crippen molar-refractivity contribution in [3.05, 3.63) is 107 Å². The van der Waals surface area contributed by atoms with Crippen LogP contribution < -0.4 is 4.90 Å². The summed E-state index contributed by atoms with van der Waals surface area (Å²) in [6, 6.07) is 11.0. The Kier molecular flexibility index (Phi) is 10.5. The van der Waals surface area contributed by atoms with Crippen LogP contribution in [0, 0.1) is 6.92 Å². The molecule has 1 N–H and O–H groups in total. The lowest BCUT2D eigenvalue weighted by atomic mass is 9.81. The molecule has 0 aliphatic carbocycles. The quantitative estimate of drug-likeness (QED) is 0.168. The first-order valence-electron chi connectivity index (χ1n) is 15.3. The Morgan fingerprint density at radius 2 is 1.49 bits per heavy atom. The largest absolute Gasteiger partial charge is 0.748 e. The maximum atomic E-state index is 11.7. The van der Waals surface area contributed by atoms with E-state index >= 15 is 0 Å². The lowest BCUT2D eigenvalue weighted by Crippen LogP contribution is -2.28. The molecule has 2 aliphatic heterocycles. The summed E-state index contributed by atoms with van der Waals surface area (Å²) in [4.78, 5) is 13.7. The van der Waals surface area contributed by atoms with Gasteiger partial charge in [-0.25, -0.2) is 21.6 Å². The number of fused-ring (bicyclic) bond motifs is 2. The van der Waals surface area contributed by atoms with Gasteiger partial charge in [0, 0.05) is 59.0 Å².